The molecule has 0 N–H and O–H groups in total. The van der Waals surface area contributed by atoms with Crippen LogP contribution in [0.4, 0.5) is 11.4 Å². The van der Waals surface area contributed by atoms with Crippen LogP contribution < -0.4 is 14.5 Å². The van der Waals surface area contributed by atoms with Gasteiger partial charge in [-0.05, 0) is 70.2 Å². The maximum Gasteiger partial charge on any atom is 0.275 e. The Morgan fingerprint density at radius 3 is 2.17 bits per heavy atom. The zero-order valence-corrected chi connectivity index (χ0v) is 23.4. The van der Waals surface area contributed by atoms with Crippen LogP contribution in [0, 0.1) is 0 Å². The third-order valence-electron chi connectivity index (χ3n) is 8.09. The first-order valence-electron chi connectivity index (χ1n) is 14.0. The second kappa shape index (κ2) is 10.2. The van der Waals surface area contributed by atoms with E-state index in [1.807, 2.05) is 42.5 Å². The average molecular weight is 535 g/mol. The molecule has 1 aromatic heterocycles. The predicted octanol–water partition coefficient (Wildman–Crippen LogP) is 6.86. The van der Waals surface area contributed by atoms with Gasteiger partial charge in [-0.15, -0.1) is 0 Å². The number of rotatable bonds is 8. The summed E-state index contributed by atoms with van der Waals surface area (Å²) in [6, 6.07) is 24.0. The number of carbonyl (C=O) groups is 1. The average Bonchev–Trinajstić information content (AvgIpc) is 3.59. The summed E-state index contributed by atoms with van der Waals surface area (Å²) < 4.78 is 12.2. The van der Waals surface area contributed by atoms with Crippen molar-refractivity contribution in [3.8, 4) is 11.5 Å². The highest BCUT2D eigenvalue weighted by Crippen LogP contribution is 2.58. The minimum Gasteiger partial charge on any atom is -0.463 e. The van der Waals surface area contributed by atoms with Crippen LogP contribution in [0.3, 0.4) is 0 Å². The number of nitrogens with zero attached hydrogens (tertiary/aromatic N) is 4. The Bertz CT molecular complexity index is 1570. The molecule has 7 heteroatoms. The van der Waals surface area contributed by atoms with E-state index < -0.39 is 5.54 Å². The summed E-state index contributed by atoms with van der Waals surface area (Å²) in [7, 11) is 0. The lowest BCUT2D eigenvalue weighted by atomic mass is 9.75. The number of hydrazone groups is 1. The van der Waals surface area contributed by atoms with Crippen molar-refractivity contribution in [3.63, 3.8) is 0 Å². The maximum atomic E-state index is 14.2. The van der Waals surface area contributed by atoms with E-state index in [9.17, 15) is 4.79 Å². The van der Waals surface area contributed by atoms with E-state index in [-0.39, 0.29) is 5.91 Å². The largest absolute Gasteiger partial charge is 0.463 e. The van der Waals surface area contributed by atoms with Gasteiger partial charge in [-0.3, -0.25) is 4.79 Å². The Morgan fingerprint density at radius 1 is 0.775 bits per heavy atom. The Balaban J connectivity index is 1.67. The van der Waals surface area contributed by atoms with Crippen LogP contribution in [0.15, 0.2) is 88.6 Å². The molecule has 2 aliphatic heterocycles. The van der Waals surface area contributed by atoms with Crippen molar-refractivity contribution in [1.29, 1.82) is 0 Å². The van der Waals surface area contributed by atoms with E-state index in [4.69, 9.17) is 14.3 Å². The molecule has 1 unspecified atom stereocenters. The van der Waals surface area contributed by atoms with Crippen molar-refractivity contribution in [3.05, 3.63) is 107 Å². The van der Waals surface area contributed by atoms with Crippen molar-refractivity contribution in [2.75, 3.05) is 36.0 Å². The van der Waals surface area contributed by atoms with Gasteiger partial charge in [-0.2, -0.15) is 5.10 Å². The number of furan rings is 1. The molecule has 0 bridgehead atoms. The molecule has 0 saturated heterocycles. The number of hydrogen-bond donors (Lipinski definition) is 0. The molecule has 1 spiro atoms. The molecule has 204 valence electrons. The fourth-order valence-electron chi connectivity index (χ4n) is 6.12. The summed E-state index contributed by atoms with van der Waals surface area (Å²) in [6.45, 7) is 12.1. The van der Waals surface area contributed by atoms with Gasteiger partial charge in [-0.25, -0.2) is 5.01 Å². The van der Waals surface area contributed by atoms with Gasteiger partial charge in [0.15, 0.2) is 0 Å². The minimum absolute atomic E-state index is 0.168. The maximum absolute atomic E-state index is 14.2. The number of amides is 1. The molecule has 0 saturated carbocycles. The first-order valence-corrected chi connectivity index (χ1v) is 14.0. The number of benzene rings is 3. The smallest absolute Gasteiger partial charge is 0.275 e. The van der Waals surface area contributed by atoms with Gasteiger partial charge in [0, 0.05) is 65.9 Å². The molecule has 2 aliphatic rings. The highest BCUT2D eigenvalue weighted by atomic mass is 16.5. The quantitative estimate of drug-likeness (QED) is 0.231. The fraction of sp³-hybridized carbons (Fsp3) is 0.273. The Labute approximate surface area is 235 Å². The van der Waals surface area contributed by atoms with E-state index in [0.29, 0.717) is 17.1 Å². The van der Waals surface area contributed by atoms with Crippen molar-refractivity contribution < 1.29 is 13.9 Å². The zero-order chi connectivity index (χ0) is 27.9. The van der Waals surface area contributed by atoms with Gasteiger partial charge in [0.1, 0.15) is 22.8 Å². The molecule has 3 heterocycles. The van der Waals surface area contributed by atoms with Gasteiger partial charge < -0.3 is 19.0 Å². The first-order chi connectivity index (χ1) is 19.6. The van der Waals surface area contributed by atoms with Gasteiger partial charge >= 0.3 is 0 Å². The first kappa shape index (κ1) is 25.7. The van der Waals surface area contributed by atoms with Crippen LogP contribution in [0.2, 0.25) is 0 Å². The molecule has 1 atom stereocenters. The topological polar surface area (TPSA) is 61.5 Å². The third kappa shape index (κ3) is 3.79. The molecular weight excluding hydrogens is 500 g/mol. The zero-order valence-electron chi connectivity index (χ0n) is 23.4. The molecule has 1 amide bonds. The Hall–Kier alpha value is -4.52. The molecule has 40 heavy (non-hydrogen) atoms. The van der Waals surface area contributed by atoms with E-state index >= 15 is 0 Å². The van der Waals surface area contributed by atoms with Crippen molar-refractivity contribution >= 4 is 23.5 Å². The van der Waals surface area contributed by atoms with Crippen molar-refractivity contribution in [1.82, 2.24) is 5.01 Å². The van der Waals surface area contributed by atoms with Crippen LogP contribution in [0.1, 0.15) is 60.5 Å². The van der Waals surface area contributed by atoms with E-state index in [0.717, 1.165) is 60.0 Å². The van der Waals surface area contributed by atoms with Gasteiger partial charge in [0.2, 0.25) is 0 Å². The second-order valence-corrected chi connectivity index (χ2v) is 9.94. The standard InChI is InChI=1S/C33H34N4O3/c1-5-35(6-2)23-16-18-30-29(20-23)33(28-17-15-24(21-31(28)40-30)36(7-3)8-4)27-14-10-9-13-26(27)32(38)37(33)34-22-25-12-11-19-39-25/h9-22H,5-8H2,1-4H3/b34-22-. The van der Waals surface area contributed by atoms with Crippen LogP contribution in [-0.4, -0.2) is 43.3 Å². The molecule has 0 aliphatic carbocycles. The molecular formula is C33H34N4O3. The summed E-state index contributed by atoms with van der Waals surface area (Å²) in [4.78, 5) is 18.8. The monoisotopic (exact) mass is 534 g/mol. The van der Waals surface area contributed by atoms with Crippen molar-refractivity contribution in [2.45, 2.75) is 33.2 Å². The van der Waals surface area contributed by atoms with Crippen LogP contribution in [-0.2, 0) is 5.54 Å². The lowest BCUT2D eigenvalue weighted by molar-refractivity contribution is 0.0675. The Kier molecular flexibility index (Phi) is 6.58. The van der Waals surface area contributed by atoms with E-state index in [1.54, 1.807) is 17.5 Å². The summed E-state index contributed by atoms with van der Waals surface area (Å²) in [5.74, 6) is 1.83. The summed E-state index contributed by atoms with van der Waals surface area (Å²) >= 11 is 0. The van der Waals surface area contributed by atoms with Gasteiger partial charge in [0.25, 0.3) is 5.91 Å². The van der Waals surface area contributed by atoms with Crippen LogP contribution >= 0.6 is 0 Å². The molecule has 3 aromatic carbocycles. The molecule has 0 fully saturated rings. The van der Waals surface area contributed by atoms with Crippen LogP contribution in [0.5, 0.6) is 11.5 Å². The molecule has 4 aromatic rings. The second-order valence-electron chi connectivity index (χ2n) is 9.94. The van der Waals surface area contributed by atoms with Gasteiger partial charge in [-0.1, -0.05) is 24.3 Å². The highest BCUT2D eigenvalue weighted by molar-refractivity contribution is 6.02. The van der Waals surface area contributed by atoms with E-state index in [2.05, 4.69) is 67.8 Å². The fourth-order valence-corrected chi connectivity index (χ4v) is 6.12. The number of anilines is 2. The lowest BCUT2D eigenvalue weighted by Gasteiger charge is -2.42. The summed E-state index contributed by atoms with van der Waals surface area (Å²) in [5, 5.41) is 6.44. The van der Waals surface area contributed by atoms with E-state index in [1.165, 1.54) is 0 Å². The normalized spacial score (nSPS) is 17.1. The SMILES string of the molecule is CCN(CC)c1ccc2c(c1)Oc1ccc(N(CC)CC)cc1C21c2ccccc2C(=O)N1/N=C\c1ccco1. The lowest BCUT2D eigenvalue weighted by Crippen LogP contribution is -2.44. The number of fused-ring (bicyclic) bond motifs is 6. The highest BCUT2D eigenvalue weighted by Gasteiger charge is 2.57. The Morgan fingerprint density at radius 2 is 1.48 bits per heavy atom. The molecule has 6 rings (SSSR count). The number of hydrogen-bond acceptors (Lipinski definition) is 6. The minimum atomic E-state index is -1.02. The van der Waals surface area contributed by atoms with Gasteiger partial charge in [0.05, 0.1) is 12.5 Å². The summed E-state index contributed by atoms with van der Waals surface area (Å²) in [6.07, 6.45) is 3.21. The molecule has 0 radical (unpaired) electrons. The third-order valence-corrected chi connectivity index (χ3v) is 8.09. The predicted molar refractivity (Wildman–Crippen MR) is 159 cm³/mol. The van der Waals surface area contributed by atoms with Crippen molar-refractivity contribution in [2.24, 2.45) is 5.10 Å². The van der Waals surface area contributed by atoms with Crippen LogP contribution in [0.25, 0.3) is 0 Å². The number of ether oxygens (including phenoxy) is 1. The summed E-state index contributed by atoms with van der Waals surface area (Å²) in [5.41, 5.74) is 4.39. The number of carbonyl (C=O) groups excluding carboxylic acids is 1. The molecule has 7 nitrogen and oxygen atoms in total.